The summed E-state index contributed by atoms with van der Waals surface area (Å²) in [5, 5.41) is 9.97. The molecule has 0 fully saturated rings. The predicted molar refractivity (Wildman–Crippen MR) is 113 cm³/mol. The summed E-state index contributed by atoms with van der Waals surface area (Å²) in [4.78, 5) is 4.63. The van der Waals surface area contributed by atoms with Crippen molar-refractivity contribution >= 4 is 23.1 Å². The monoisotopic (exact) mass is 362 g/mol. The maximum atomic E-state index is 8.84. The molecule has 0 aliphatic carbocycles. The van der Waals surface area contributed by atoms with Crippen molar-refractivity contribution in [3.05, 3.63) is 107 Å². The van der Waals surface area contributed by atoms with Gasteiger partial charge in [0.2, 0.25) is 0 Å². The van der Waals surface area contributed by atoms with Crippen LogP contribution in [0.1, 0.15) is 22.4 Å². The lowest BCUT2D eigenvalue weighted by Gasteiger charge is -2.07. The molecule has 1 heterocycles. The molecule has 0 aliphatic heterocycles. The lowest BCUT2D eigenvalue weighted by Crippen LogP contribution is -1.98. The minimum absolute atomic E-state index is 0.436. The van der Waals surface area contributed by atoms with Gasteiger partial charge in [0.25, 0.3) is 0 Å². The first-order valence-electron chi connectivity index (χ1n) is 9.06. The van der Waals surface area contributed by atoms with Crippen molar-refractivity contribution in [2.24, 2.45) is 0 Å². The average molecular weight is 362 g/mol. The van der Waals surface area contributed by atoms with E-state index in [0.717, 1.165) is 33.5 Å². The Hall–Kier alpha value is -3.90. The predicted octanol–water partition coefficient (Wildman–Crippen LogP) is 5.86. The number of rotatable bonds is 5. The molecule has 134 valence electrons. The lowest BCUT2D eigenvalue weighted by molar-refractivity contribution is 0.302. The standard InChI is InChI=1S/C25H18N2O/c26-17-21-9-7-19(8-10-21)5-6-20-11-15-24(16-12-20)28-18-23-14-13-22-3-1-2-4-25(22)27-23/h1-16H,18H2/b6-5+. The SMILES string of the molecule is N#Cc1ccc(/C=C/c2ccc(OCc3ccc4ccccc4n3)cc2)cc1. The summed E-state index contributed by atoms with van der Waals surface area (Å²) in [7, 11) is 0. The van der Waals surface area contributed by atoms with Crippen LogP contribution in [0.4, 0.5) is 0 Å². The molecule has 4 aromatic rings. The number of nitrogens with zero attached hydrogens (tertiary/aromatic N) is 2. The van der Waals surface area contributed by atoms with Gasteiger partial charge in [-0.25, -0.2) is 4.98 Å². The molecule has 28 heavy (non-hydrogen) atoms. The highest BCUT2D eigenvalue weighted by molar-refractivity contribution is 5.78. The minimum atomic E-state index is 0.436. The molecule has 0 unspecified atom stereocenters. The Labute approximate surface area is 164 Å². The van der Waals surface area contributed by atoms with E-state index >= 15 is 0 Å². The fraction of sp³-hybridized carbons (Fsp3) is 0.0400. The molecule has 0 amide bonds. The van der Waals surface area contributed by atoms with Gasteiger partial charge in [-0.3, -0.25) is 0 Å². The Morgan fingerprint density at radius 1 is 0.786 bits per heavy atom. The Morgan fingerprint density at radius 2 is 1.46 bits per heavy atom. The van der Waals surface area contributed by atoms with Crippen molar-refractivity contribution in [1.82, 2.24) is 4.98 Å². The first-order chi connectivity index (χ1) is 13.8. The van der Waals surface area contributed by atoms with Gasteiger partial charge in [-0.1, -0.05) is 60.7 Å². The smallest absolute Gasteiger partial charge is 0.130 e. The Morgan fingerprint density at radius 3 is 2.18 bits per heavy atom. The van der Waals surface area contributed by atoms with Gasteiger partial charge in [0.1, 0.15) is 12.4 Å². The fourth-order valence-corrected chi connectivity index (χ4v) is 2.88. The van der Waals surface area contributed by atoms with Crippen molar-refractivity contribution in [2.45, 2.75) is 6.61 Å². The number of fused-ring (bicyclic) bond motifs is 1. The third-order valence-electron chi connectivity index (χ3n) is 4.43. The second-order valence-corrected chi connectivity index (χ2v) is 6.42. The van der Waals surface area contributed by atoms with E-state index in [-0.39, 0.29) is 0 Å². The topological polar surface area (TPSA) is 45.9 Å². The molecule has 0 atom stereocenters. The third-order valence-corrected chi connectivity index (χ3v) is 4.43. The van der Waals surface area contributed by atoms with Gasteiger partial charge in [0.05, 0.1) is 22.8 Å². The van der Waals surface area contributed by atoms with Crippen LogP contribution in [-0.2, 0) is 6.61 Å². The molecule has 3 nitrogen and oxygen atoms in total. The van der Waals surface area contributed by atoms with E-state index in [1.54, 1.807) is 0 Å². The second kappa shape index (κ2) is 8.20. The van der Waals surface area contributed by atoms with E-state index in [9.17, 15) is 0 Å². The average Bonchev–Trinajstić information content (AvgIpc) is 2.77. The number of ether oxygens (including phenoxy) is 1. The van der Waals surface area contributed by atoms with Crippen molar-refractivity contribution in [3.63, 3.8) is 0 Å². The molecule has 0 N–H and O–H groups in total. The molecule has 0 saturated heterocycles. The highest BCUT2D eigenvalue weighted by Gasteiger charge is 2.00. The first-order valence-corrected chi connectivity index (χ1v) is 9.06. The van der Waals surface area contributed by atoms with Crippen LogP contribution < -0.4 is 4.74 Å². The van der Waals surface area contributed by atoms with Crippen LogP contribution in [0, 0.1) is 11.3 Å². The van der Waals surface area contributed by atoms with Crippen molar-refractivity contribution in [2.75, 3.05) is 0 Å². The number of pyridine rings is 1. The zero-order valence-corrected chi connectivity index (χ0v) is 15.2. The summed E-state index contributed by atoms with van der Waals surface area (Å²) in [6.45, 7) is 0.436. The number of hydrogen-bond acceptors (Lipinski definition) is 3. The van der Waals surface area contributed by atoms with Gasteiger partial charge in [-0.15, -0.1) is 0 Å². The molecule has 3 aromatic carbocycles. The Kier molecular flexibility index (Phi) is 5.13. The minimum Gasteiger partial charge on any atom is -0.487 e. The summed E-state index contributed by atoms with van der Waals surface area (Å²) >= 11 is 0. The van der Waals surface area contributed by atoms with Crippen LogP contribution in [0.3, 0.4) is 0 Å². The summed E-state index contributed by atoms with van der Waals surface area (Å²) in [5.74, 6) is 0.811. The van der Waals surface area contributed by atoms with Gasteiger partial charge in [-0.05, 0) is 47.5 Å². The van der Waals surface area contributed by atoms with Gasteiger partial charge in [0.15, 0.2) is 0 Å². The first kappa shape index (κ1) is 17.5. The van der Waals surface area contributed by atoms with Crippen LogP contribution in [0.2, 0.25) is 0 Å². The summed E-state index contributed by atoms with van der Waals surface area (Å²) in [6.07, 6.45) is 4.06. The highest BCUT2D eigenvalue weighted by Crippen LogP contribution is 2.17. The van der Waals surface area contributed by atoms with Gasteiger partial charge in [-0.2, -0.15) is 5.26 Å². The molecule has 0 bridgehead atoms. The molecular formula is C25H18N2O. The van der Waals surface area contributed by atoms with E-state index in [0.29, 0.717) is 12.2 Å². The summed E-state index contributed by atoms with van der Waals surface area (Å²) < 4.78 is 5.87. The van der Waals surface area contributed by atoms with E-state index < -0.39 is 0 Å². The van der Waals surface area contributed by atoms with Crippen LogP contribution in [0.5, 0.6) is 5.75 Å². The zero-order chi connectivity index (χ0) is 19.2. The molecule has 1 aromatic heterocycles. The quantitative estimate of drug-likeness (QED) is 0.418. The van der Waals surface area contributed by atoms with E-state index in [1.807, 2.05) is 84.9 Å². The van der Waals surface area contributed by atoms with E-state index in [1.165, 1.54) is 0 Å². The van der Waals surface area contributed by atoms with Crippen molar-refractivity contribution in [3.8, 4) is 11.8 Å². The number of para-hydroxylation sites is 1. The van der Waals surface area contributed by atoms with Gasteiger partial charge in [0, 0.05) is 5.39 Å². The van der Waals surface area contributed by atoms with E-state index in [2.05, 4.69) is 23.2 Å². The van der Waals surface area contributed by atoms with Gasteiger partial charge < -0.3 is 4.74 Å². The number of benzene rings is 3. The maximum absolute atomic E-state index is 8.84. The Balaban J connectivity index is 1.38. The zero-order valence-electron chi connectivity index (χ0n) is 15.2. The Bertz CT molecular complexity index is 1150. The third kappa shape index (κ3) is 4.25. The number of aromatic nitrogens is 1. The second-order valence-electron chi connectivity index (χ2n) is 6.42. The largest absolute Gasteiger partial charge is 0.487 e. The van der Waals surface area contributed by atoms with Crippen molar-refractivity contribution in [1.29, 1.82) is 5.26 Å². The maximum Gasteiger partial charge on any atom is 0.130 e. The van der Waals surface area contributed by atoms with Gasteiger partial charge >= 0.3 is 0 Å². The summed E-state index contributed by atoms with van der Waals surface area (Å²) in [5.41, 5.74) is 4.69. The van der Waals surface area contributed by atoms with Crippen LogP contribution >= 0.6 is 0 Å². The van der Waals surface area contributed by atoms with Crippen molar-refractivity contribution < 1.29 is 4.74 Å². The van der Waals surface area contributed by atoms with Crippen LogP contribution in [0.15, 0.2) is 84.9 Å². The highest BCUT2D eigenvalue weighted by atomic mass is 16.5. The van der Waals surface area contributed by atoms with Crippen LogP contribution in [-0.4, -0.2) is 4.98 Å². The number of hydrogen-bond donors (Lipinski definition) is 0. The summed E-state index contributed by atoms with van der Waals surface area (Å²) in [6, 6.07) is 29.7. The number of nitriles is 1. The fourth-order valence-electron chi connectivity index (χ4n) is 2.88. The molecule has 0 saturated carbocycles. The molecule has 3 heteroatoms. The molecule has 4 rings (SSSR count). The molecule has 0 spiro atoms. The lowest BCUT2D eigenvalue weighted by atomic mass is 10.1. The van der Waals surface area contributed by atoms with Crippen LogP contribution in [0.25, 0.3) is 23.1 Å². The normalized spacial score (nSPS) is 10.8. The molecule has 0 aliphatic rings. The van der Waals surface area contributed by atoms with E-state index in [4.69, 9.17) is 10.00 Å². The molecule has 0 radical (unpaired) electrons. The molecular weight excluding hydrogens is 344 g/mol.